The Morgan fingerprint density at radius 1 is 1.52 bits per heavy atom. The molecule has 0 spiro atoms. The Kier molecular flexibility index (Phi) is 5.82. The number of likely N-dealkylation sites (tertiary alicyclic amines) is 1. The molecule has 1 N–H and O–H groups in total. The smallest absolute Gasteiger partial charge is 0.317 e. The van der Waals surface area contributed by atoms with Crippen LogP contribution in [0.2, 0.25) is 0 Å². The predicted molar refractivity (Wildman–Crippen MR) is 88.1 cm³/mol. The Balaban J connectivity index is 1.92. The minimum atomic E-state index is -0.402. The molecule has 23 heavy (non-hydrogen) atoms. The first-order valence-corrected chi connectivity index (χ1v) is 7.94. The van der Waals surface area contributed by atoms with Crippen molar-refractivity contribution in [1.82, 2.24) is 15.1 Å². The first-order valence-electron chi connectivity index (χ1n) is 7.94. The minimum Gasteiger partial charge on any atom is -0.494 e. The molecule has 1 saturated heterocycles. The van der Waals surface area contributed by atoms with E-state index >= 15 is 0 Å². The third-order valence-corrected chi connectivity index (χ3v) is 4.21. The molecule has 5 nitrogen and oxygen atoms in total. The molecule has 1 heterocycles. The van der Waals surface area contributed by atoms with Gasteiger partial charge in [-0.2, -0.15) is 0 Å². The van der Waals surface area contributed by atoms with Crippen molar-refractivity contribution < 1.29 is 13.9 Å². The van der Waals surface area contributed by atoms with Crippen LogP contribution in [0.3, 0.4) is 0 Å². The van der Waals surface area contributed by atoms with Gasteiger partial charge in [0.25, 0.3) is 0 Å². The number of nitrogens with one attached hydrogen (secondary N) is 1. The molecule has 128 valence electrons. The number of hydrogen-bond donors (Lipinski definition) is 1. The lowest BCUT2D eigenvalue weighted by atomic mass is 10.1. The zero-order valence-electron chi connectivity index (χ0n) is 14.3. The number of hydrogen-bond acceptors (Lipinski definition) is 3. The normalized spacial score (nSPS) is 19.0. The Morgan fingerprint density at radius 3 is 2.91 bits per heavy atom. The van der Waals surface area contributed by atoms with E-state index in [0.29, 0.717) is 5.92 Å². The molecule has 2 rings (SSSR count). The van der Waals surface area contributed by atoms with Crippen molar-refractivity contribution >= 4 is 6.03 Å². The molecule has 1 aliphatic rings. The number of nitrogens with zero attached hydrogens (tertiary/aromatic N) is 2. The number of amides is 2. The summed E-state index contributed by atoms with van der Waals surface area (Å²) in [5, 5.41) is 2.98. The second-order valence-corrected chi connectivity index (χ2v) is 6.43. The number of rotatable bonds is 5. The van der Waals surface area contributed by atoms with E-state index in [1.165, 1.54) is 13.2 Å². The zero-order chi connectivity index (χ0) is 17.0. The van der Waals surface area contributed by atoms with Crippen molar-refractivity contribution in [3.63, 3.8) is 0 Å². The number of ether oxygens (including phenoxy) is 1. The highest BCUT2D eigenvalue weighted by molar-refractivity contribution is 5.75. The van der Waals surface area contributed by atoms with Crippen molar-refractivity contribution in [1.29, 1.82) is 0 Å². The van der Waals surface area contributed by atoms with E-state index < -0.39 is 5.82 Å². The van der Waals surface area contributed by atoms with Gasteiger partial charge in [-0.25, -0.2) is 9.18 Å². The number of carbonyl (C=O) groups is 1. The molecule has 1 aromatic rings. The van der Waals surface area contributed by atoms with Gasteiger partial charge in [0.1, 0.15) is 0 Å². The maximum Gasteiger partial charge on any atom is 0.317 e. The third-order valence-electron chi connectivity index (χ3n) is 4.21. The van der Waals surface area contributed by atoms with E-state index in [1.54, 1.807) is 12.1 Å². The number of halogens is 1. The van der Waals surface area contributed by atoms with E-state index in [-0.39, 0.29) is 17.8 Å². The first-order chi connectivity index (χ1) is 10.9. The van der Waals surface area contributed by atoms with E-state index in [1.807, 2.05) is 25.9 Å². The zero-order valence-corrected chi connectivity index (χ0v) is 14.3. The van der Waals surface area contributed by atoms with Gasteiger partial charge in [-0.1, -0.05) is 6.07 Å². The Bertz CT molecular complexity index is 551. The topological polar surface area (TPSA) is 44.8 Å². The average Bonchev–Trinajstić information content (AvgIpc) is 2.95. The van der Waals surface area contributed by atoms with Crippen LogP contribution < -0.4 is 10.1 Å². The Labute approximate surface area is 137 Å². The van der Waals surface area contributed by atoms with Crippen LogP contribution in [-0.4, -0.2) is 56.7 Å². The van der Waals surface area contributed by atoms with Crippen LogP contribution in [0, 0.1) is 11.7 Å². The molecular formula is C17H26FN3O2. The van der Waals surface area contributed by atoms with Crippen LogP contribution in [0.25, 0.3) is 0 Å². The summed E-state index contributed by atoms with van der Waals surface area (Å²) >= 11 is 0. The van der Waals surface area contributed by atoms with Crippen LogP contribution in [0.5, 0.6) is 5.75 Å². The van der Waals surface area contributed by atoms with Crippen LogP contribution in [0.15, 0.2) is 18.2 Å². The molecule has 0 aliphatic carbocycles. The summed E-state index contributed by atoms with van der Waals surface area (Å²) in [6, 6.07) is 4.38. The summed E-state index contributed by atoms with van der Waals surface area (Å²) in [5.74, 6) is 0.314. The minimum absolute atomic E-state index is 0.0675. The largest absolute Gasteiger partial charge is 0.494 e. The van der Waals surface area contributed by atoms with Gasteiger partial charge in [-0.05, 0) is 51.1 Å². The fraction of sp³-hybridized carbons (Fsp3) is 0.588. The molecule has 1 aromatic carbocycles. The van der Waals surface area contributed by atoms with E-state index in [2.05, 4.69) is 10.2 Å². The van der Waals surface area contributed by atoms with Crippen molar-refractivity contribution in [2.45, 2.75) is 19.4 Å². The standard InChI is InChI=1S/C17H26FN3O2/c1-12(14-5-6-15(18)16(9-14)23-4)19-17(22)21-8-7-13(11-21)10-20(2)3/h5-6,9,12-13H,7-8,10-11H2,1-4H3,(H,19,22). The monoisotopic (exact) mass is 323 g/mol. The van der Waals surface area contributed by atoms with Gasteiger partial charge < -0.3 is 19.9 Å². The summed E-state index contributed by atoms with van der Waals surface area (Å²) in [4.78, 5) is 16.4. The van der Waals surface area contributed by atoms with Crippen molar-refractivity contribution in [3.8, 4) is 5.75 Å². The van der Waals surface area contributed by atoms with Crippen molar-refractivity contribution in [2.24, 2.45) is 5.92 Å². The summed E-state index contributed by atoms with van der Waals surface area (Å²) in [7, 11) is 5.53. The molecule has 1 aliphatic heterocycles. The Morgan fingerprint density at radius 2 is 2.26 bits per heavy atom. The van der Waals surface area contributed by atoms with Gasteiger partial charge >= 0.3 is 6.03 Å². The maximum absolute atomic E-state index is 13.5. The Hall–Kier alpha value is -1.82. The molecule has 2 amide bonds. The highest BCUT2D eigenvalue weighted by Gasteiger charge is 2.27. The SMILES string of the molecule is COc1cc(C(C)NC(=O)N2CCC(CN(C)C)C2)ccc1F. The fourth-order valence-electron chi connectivity index (χ4n) is 2.99. The lowest BCUT2D eigenvalue weighted by molar-refractivity contribution is 0.202. The average molecular weight is 323 g/mol. The van der Waals surface area contributed by atoms with E-state index in [4.69, 9.17) is 4.74 Å². The summed E-state index contributed by atoms with van der Waals surface area (Å²) in [6.07, 6.45) is 1.03. The van der Waals surface area contributed by atoms with Gasteiger partial charge in [0.2, 0.25) is 0 Å². The first kappa shape index (κ1) is 17.5. The molecule has 0 bridgehead atoms. The molecule has 0 saturated carbocycles. The van der Waals surface area contributed by atoms with Gasteiger partial charge in [-0.15, -0.1) is 0 Å². The molecule has 0 radical (unpaired) electrons. The number of benzene rings is 1. The molecule has 0 aromatic heterocycles. The molecule has 6 heteroatoms. The second-order valence-electron chi connectivity index (χ2n) is 6.43. The van der Waals surface area contributed by atoms with Gasteiger partial charge in [0.15, 0.2) is 11.6 Å². The number of urea groups is 1. The van der Waals surface area contributed by atoms with Gasteiger partial charge in [0.05, 0.1) is 13.2 Å². The summed E-state index contributed by atoms with van der Waals surface area (Å²) in [5.41, 5.74) is 0.820. The quantitative estimate of drug-likeness (QED) is 0.905. The number of methoxy groups -OCH3 is 1. The van der Waals surface area contributed by atoms with Gasteiger partial charge in [0, 0.05) is 19.6 Å². The number of carbonyl (C=O) groups excluding carboxylic acids is 1. The lowest BCUT2D eigenvalue weighted by Crippen LogP contribution is -2.40. The predicted octanol–water partition coefficient (Wildman–Crippen LogP) is 2.49. The van der Waals surface area contributed by atoms with E-state index in [0.717, 1.165) is 31.6 Å². The van der Waals surface area contributed by atoms with Crippen LogP contribution >= 0.6 is 0 Å². The molecule has 2 unspecified atom stereocenters. The van der Waals surface area contributed by atoms with Crippen LogP contribution in [0.4, 0.5) is 9.18 Å². The van der Waals surface area contributed by atoms with Crippen molar-refractivity contribution in [3.05, 3.63) is 29.6 Å². The summed E-state index contributed by atoms with van der Waals surface area (Å²) < 4.78 is 18.5. The van der Waals surface area contributed by atoms with Gasteiger partial charge in [-0.3, -0.25) is 0 Å². The van der Waals surface area contributed by atoms with Crippen LogP contribution in [-0.2, 0) is 0 Å². The lowest BCUT2D eigenvalue weighted by Gasteiger charge is -2.22. The highest BCUT2D eigenvalue weighted by atomic mass is 19.1. The third kappa shape index (κ3) is 4.58. The maximum atomic E-state index is 13.5. The van der Waals surface area contributed by atoms with E-state index in [9.17, 15) is 9.18 Å². The second kappa shape index (κ2) is 7.64. The van der Waals surface area contributed by atoms with Crippen molar-refractivity contribution in [2.75, 3.05) is 40.8 Å². The molecular weight excluding hydrogens is 297 g/mol. The van der Waals surface area contributed by atoms with Crippen LogP contribution in [0.1, 0.15) is 24.9 Å². The highest BCUT2D eigenvalue weighted by Crippen LogP contribution is 2.23. The fourth-order valence-corrected chi connectivity index (χ4v) is 2.99. The molecule has 2 atom stereocenters. The summed E-state index contributed by atoms with van der Waals surface area (Å²) in [6.45, 7) is 4.44. The molecule has 1 fully saturated rings.